The molecule has 0 N–H and O–H groups in total. The largest absolute Gasteiger partial charge is 0.261 e. The van der Waals surface area contributed by atoms with Crippen LogP contribution in [-0.4, -0.2) is 4.98 Å². The predicted octanol–water partition coefficient (Wildman–Crippen LogP) is 2.51. The van der Waals surface area contributed by atoms with Crippen LogP contribution in [0.15, 0.2) is 30.5 Å². The van der Waals surface area contributed by atoms with Crippen LogP contribution in [0.3, 0.4) is 0 Å². The predicted molar refractivity (Wildman–Crippen MR) is 47.5 cm³/mol. The van der Waals surface area contributed by atoms with E-state index in [0.29, 0.717) is 0 Å². The number of nitrogens with zero attached hydrogens (tertiary/aromatic N) is 1. The van der Waals surface area contributed by atoms with Crippen LogP contribution >= 0.6 is 0 Å². The van der Waals surface area contributed by atoms with Crippen molar-refractivity contribution in [2.45, 2.75) is 20.3 Å². The Morgan fingerprint density at radius 3 is 3.00 bits per heavy atom. The van der Waals surface area contributed by atoms with Crippen molar-refractivity contribution in [1.29, 1.82) is 0 Å². The standard InChI is InChI=1S/C10H13N/c1-3-4-7-10-9(2)6-5-8-11-10/h3-6,8H,7H2,1-2H3/b4-3+. The van der Waals surface area contributed by atoms with E-state index >= 15 is 0 Å². The first-order valence-corrected chi connectivity index (χ1v) is 3.86. The number of pyridine rings is 1. The zero-order chi connectivity index (χ0) is 8.10. The molecule has 0 aliphatic carbocycles. The van der Waals surface area contributed by atoms with Crippen LogP contribution in [0, 0.1) is 6.92 Å². The molecule has 1 aromatic rings. The number of aromatic nitrogens is 1. The van der Waals surface area contributed by atoms with E-state index in [1.54, 1.807) is 0 Å². The normalized spacial score (nSPS) is 10.7. The molecule has 1 heteroatoms. The van der Waals surface area contributed by atoms with E-state index in [1.807, 2.05) is 25.3 Å². The first-order valence-electron chi connectivity index (χ1n) is 3.86. The maximum absolute atomic E-state index is 4.26. The van der Waals surface area contributed by atoms with Crippen LogP contribution in [0.25, 0.3) is 0 Å². The molecule has 0 fully saturated rings. The molecule has 0 aliphatic rings. The van der Waals surface area contributed by atoms with Crippen molar-refractivity contribution in [3.8, 4) is 0 Å². The van der Waals surface area contributed by atoms with E-state index in [1.165, 1.54) is 11.3 Å². The summed E-state index contributed by atoms with van der Waals surface area (Å²) in [6.45, 7) is 4.12. The van der Waals surface area contributed by atoms with Gasteiger partial charge < -0.3 is 0 Å². The van der Waals surface area contributed by atoms with Crippen molar-refractivity contribution in [1.82, 2.24) is 4.98 Å². The summed E-state index contributed by atoms with van der Waals surface area (Å²) in [7, 11) is 0. The van der Waals surface area contributed by atoms with Crippen LogP contribution in [0.4, 0.5) is 0 Å². The van der Waals surface area contributed by atoms with Crippen molar-refractivity contribution < 1.29 is 0 Å². The molecule has 0 aromatic carbocycles. The highest BCUT2D eigenvalue weighted by atomic mass is 14.7. The van der Waals surface area contributed by atoms with Gasteiger partial charge in [-0.15, -0.1) is 0 Å². The summed E-state index contributed by atoms with van der Waals surface area (Å²) in [4.78, 5) is 4.26. The average molecular weight is 147 g/mol. The van der Waals surface area contributed by atoms with E-state index in [4.69, 9.17) is 0 Å². The van der Waals surface area contributed by atoms with Gasteiger partial charge in [-0.1, -0.05) is 18.2 Å². The molecule has 1 rings (SSSR count). The fraction of sp³-hybridized carbons (Fsp3) is 0.300. The lowest BCUT2D eigenvalue weighted by Crippen LogP contribution is -1.89. The lowest BCUT2D eigenvalue weighted by molar-refractivity contribution is 1.07. The Labute approximate surface area is 67.8 Å². The number of allylic oxidation sites excluding steroid dienone is 2. The van der Waals surface area contributed by atoms with Crippen LogP contribution in [0.2, 0.25) is 0 Å². The SMILES string of the molecule is C/C=C/Cc1ncccc1C. The van der Waals surface area contributed by atoms with Gasteiger partial charge in [-0.25, -0.2) is 0 Å². The minimum Gasteiger partial charge on any atom is -0.261 e. The van der Waals surface area contributed by atoms with Crippen LogP contribution in [0.5, 0.6) is 0 Å². The van der Waals surface area contributed by atoms with Crippen molar-refractivity contribution in [3.63, 3.8) is 0 Å². The summed E-state index contributed by atoms with van der Waals surface area (Å²) < 4.78 is 0. The molecule has 0 aliphatic heterocycles. The van der Waals surface area contributed by atoms with Gasteiger partial charge >= 0.3 is 0 Å². The second kappa shape index (κ2) is 3.91. The molecule has 0 saturated carbocycles. The second-order valence-corrected chi connectivity index (χ2v) is 2.54. The van der Waals surface area contributed by atoms with Gasteiger partial charge in [0.05, 0.1) is 0 Å². The molecule has 0 amide bonds. The van der Waals surface area contributed by atoms with E-state index in [2.05, 4.69) is 24.1 Å². The van der Waals surface area contributed by atoms with Gasteiger partial charge in [-0.2, -0.15) is 0 Å². The Balaban J connectivity index is 2.77. The zero-order valence-corrected chi connectivity index (χ0v) is 7.04. The van der Waals surface area contributed by atoms with Gasteiger partial charge in [0.25, 0.3) is 0 Å². The molecule has 0 bridgehead atoms. The maximum Gasteiger partial charge on any atom is 0.0470 e. The van der Waals surface area contributed by atoms with Crippen molar-refractivity contribution >= 4 is 0 Å². The smallest absolute Gasteiger partial charge is 0.0470 e. The van der Waals surface area contributed by atoms with E-state index in [9.17, 15) is 0 Å². The van der Waals surface area contributed by atoms with Crippen molar-refractivity contribution in [2.24, 2.45) is 0 Å². The summed E-state index contributed by atoms with van der Waals surface area (Å²) in [5.41, 5.74) is 2.44. The highest BCUT2D eigenvalue weighted by molar-refractivity contribution is 5.19. The Morgan fingerprint density at radius 2 is 2.36 bits per heavy atom. The Kier molecular flexibility index (Phi) is 2.84. The lowest BCUT2D eigenvalue weighted by atomic mass is 10.1. The average Bonchev–Trinajstić information content (AvgIpc) is 2.03. The van der Waals surface area contributed by atoms with E-state index < -0.39 is 0 Å². The van der Waals surface area contributed by atoms with E-state index in [0.717, 1.165) is 6.42 Å². The van der Waals surface area contributed by atoms with Gasteiger partial charge in [0.2, 0.25) is 0 Å². The van der Waals surface area contributed by atoms with Crippen molar-refractivity contribution in [2.75, 3.05) is 0 Å². The van der Waals surface area contributed by atoms with Gasteiger partial charge in [0.15, 0.2) is 0 Å². The van der Waals surface area contributed by atoms with Gasteiger partial charge in [0, 0.05) is 18.3 Å². The number of hydrogen-bond donors (Lipinski definition) is 0. The molecule has 1 nitrogen and oxygen atoms in total. The highest BCUT2D eigenvalue weighted by Crippen LogP contribution is 2.03. The Hall–Kier alpha value is -1.11. The topological polar surface area (TPSA) is 12.9 Å². The molecule has 0 radical (unpaired) electrons. The molecular formula is C10H13N. The third kappa shape index (κ3) is 2.19. The summed E-state index contributed by atoms with van der Waals surface area (Å²) in [5, 5.41) is 0. The minimum atomic E-state index is 0.948. The first kappa shape index (κ1) is 7.99. The molecule has 0 atom stereocenters. The number of hydrogen-bond acceptors (Lipinski definition) is 1. The molecule has 0 saturated heterocycles. The number of aryl methyl sites for hydroxylation is 1. The van der Waals surface area contributed by atoms with Crippen LogP contribution in [-0.2, 0) is 6.42 Å². The molecule has 1 aromatic heterocycles. The van der Waals surface area contributed by atoms with Gasteiger partial charge in [-0.3, -0.25) is 4.98 Å². The maximum atomic E-state index is 4.26. The van der Waals surface area contributed by atoms with E-state index in [-0.39, 0.29) is 0 Å². The Morgan fingerprint density at radius 1 is 1.55 bits per heavy atom. The van der Waals surface area contributed by atoms with Crippen LogP contribution < -0.4 is 0 Å². The summed E-state index contributed by atoms with van der Waals surface area (Å²) >= 11 is 0. The molecule has 0 spiro atoms. The van der Waals surface area contributed by atoms with Gasteiger partial charge in [0.1, 0.15) is 0 Å². The fourth-order valence-corrected chi connectivity index (χ4v) is 0.962. The third-order valence-electron chi connectivity index (χ3n) is 1.66. The summed E-state index contributed by atoms with van der Waals surface area (Å²) in [6.07, 6.45) is 6.96. The molecule has 58 valence electrons. The zero-order valence-electron chi connectivity index (χ0n) is 7.04. The minimum absolute atomic E-state index is 0.948. The Bertz CT molecular complexity index is 251. The van der Waals surface area contributed by atoms with Crippen LogP contribution in [0.1, 0.15) is 18.2 Å². The second-order valence-electron chi connectivity index (χ2n) is 2.54. The first-order chi connectivity index (χ1) is 5.34. The summed E-state index contributed by atoms with van der Waals surface area (Å²) in [6, 6.07) is 4.06. The van der Waals surface area contributed by atoms with Gasteiger partial charge in [-0.05, 0) is 25.5 Å². The quantitative estimate of drug-likeness (QED) is 0.586. The molecule has 11 heavy (non-hydrogen) atoms. The fourth-order valence-electron chi connectivity index (χ4n) is 0.962. The molecule has 1 heterocycles. The lowest BCUT2D eigenvalue weighted by Gasteiger charge is -1.98. The molecule has 0 unspecified atom stereocenters. The monoisotopic (exact) mass is 147 g/mol. The third-order valence-corrected chi connectivity index (χ3v) is 1.66. The van der Waals surface area contributed by atoms with Crippen molar-refractivity contribution in [3.05, 3.63) is 41.7 Å². The summed E-state index contributed by atoms with van der Waals surface area (Å²) in [5.74, 6) is 0. The highest BCUT2D eigenvalue weighted by Gasteiger charge is 1.93. The molecular weight excluding hydrogens is 134 g/mol. The number of rotatable bonds is 2.